The van der Waals surface area contributed by atoms with E-state index in [0.29, 0.717) is 0 Å². The Balaban J connectivity index is 1.73. The number of hydrogen-bond donors (Lipinski definition) is 0. The van der Waals surface area contributed by atoms with Crippen molar-refractivity contribution >= 4 is 0 Å². The quantitative estimate of drug-likeness (QED) is 0.494. The van der Waals surface area contributed by atoms with E-state index in [9.17, 15) is 0 Å². The van der Waals surface area contributed by atoms with Gasteiger partial charge in [-0.15, -0.1) is 0 Å². The molecule has 4 rings (SSSR count). The normalized spacial score (nSPS) is 61.5. The van der Waals surface area contributed by atoms with Crippen molar-refractivity contribution in [3.05, 3.63) is 12.2 Å². The van der Waals surface area contributed by atoms with Crippen LogP contribution in [-0.2, 0) is 0 Å². The lowest BCUT2D eigenvalue weighted by Gasteiger charge is -2.27. The second-order valence-corrected chi connectivity index (χ2v) is 5.81. The third-order valence-corrected chi connectivity index (χ3v) is 5.52. The largest absolute Gasteiger partial charge is 0.0879 e. The maximum absolute atomic E-state index is 2.57. The average molecular weight is 174 g/mol. The standard InChI is InChI=1S/C13H18/c1-2-8-7-12-9-4-5-10(6-9)13(12)11(8)3-1/h1,3,8-13H,2,4-7H2. The lowest BCUT2D eigenvalue weighted by atomic mass is 9.78. The van der Waals surface area contributed by atoms with Gasteiger partial charge < -0.3 is 0 Å². The molecule has 4 aliphatic rings. The number of hydrogen-bond acceptors (Lipinski definition) is 0. The summed E-state index contributed by atoms with van der Waals surface area (Å²) >= 11 is 0. The SMILES string of the molecule is C1=CC2C(C1)CC1C3CCC(C3)C21. The summed E-state index contributed by atoms with van der Waals surface area (Å²) in [6.45, 7) is 0. The van der Waals surface area contributed by atoms with E-state index in [-0.39, 0.29) is 0 Å². The van der Waals surface area contributed by atoms with Crippen molar-refractivity contribution in [3.63, 3.8) is 0 Å². The van der Waals surface area contributed by atoms with Crippen LogP contribution >= 0.6 is 0 Å². The molecular formula is C13H18. The van der Waals surface area contributed by atoms with Crippen LogP contribution in [0, 0.1) is 35.5 Å². The van der Waals surface area contributed by atoms with E-state index < -0.39 is 0 Å². The summed E-state index contributed by atoms with van der Waals surface area (Å²) in [5, 5.41) is 0. The second-order valence-electron chi connectivity index (χ2n) is 5.81. The molecule has 0 aromatic carbocycles. The van der Waals surface area contributed by atoms with Gasteiger partial charge in [0, 0.05) is 0 Å². The van der Waals surface area contributed by atoms with E-state index in [2.05, 4.69) is 12.2 Å². The molecule has 3 saturated carbocycles. The van der Waals surface area contributed by atoms with Gasteiger partial charge in [-0.3, -0.25) is 0 Å². The van der Waals surface area contributed by atoms with Crippen LogP contribution in [0.15, 0.2) is 12.2 Å². The molecule has 0 amide bonds. The third kappa shape index (κ3) is 0.742. The van der Waals surface area contributed by atoms with E-state index in [1.54, 1.807) is 25.7 Å². The molecule has 0 nitrogen and oxygen atoms in total. The minimum Gasteiger partial charge on any atom is -0.0879 e. The van der Waals surface area contributed by atoms with E-state index in [0.717, 1.165) is 29.6 Å². The molecule has 0 heteroatoms. The highest BCUT2D eigenvalue weighted by Crippen LogP contribution is 2.64. The Morgan fingerprint density at radius 1 is 0.923 bits per heavy atom. The molecular weight excluding hydrogens is 156 g/mol. The average Bonchev–Trinajstić information content (AvgIpc) is 2.79. The summed E-state index contributed by atoms with van der Waals surface area (Å²) in [4.78, 5) is 0. The van der Waals surface area contributed by atoms with Gasteiger partial charge in [0.25, 0.3) is 0 Å². The molecule has 13 heavy (non-hydrogen) atoms. The van der Waals surface area contributed by atoms with Gasteiger partial charge in [-0.05, 0) is 67.6 Å². The molecule has 0 aliphatic heterocycles. The first-order valence-corrected chi connectivity index (χ1v) is 6.10. The van der Waals surface area contributed by atoms with Crippen LogP contribution in [0.3, 0.4) is 0 Å². The van der Waals surface area contributed by atoms with Gasteiger partial charge in [-0.25, -0.2) is 0 Å². The van der Waals surface area contributed by atoms with E-state index in [1.165, 1.54) is 12.3 Å². The smallest absolute Gasteiger partial charge is 0.0168 e. The molecule has 0 radical (unpaired) electrons. The molecule has 0 heterocycles. The minimum absolute atomic E-state index is 1.03. The number of fused-ring (bicyclic) bond motifs is 7. The lowest BCUT2D eigenvalue weighted by molar-refractivity contribution is 0.232. The van der Waals surface area contributed by atoms with Crippen molar-refractivity contribution in [2.75, 3.05) is 0 Å². The summed E-state index contributed by atoms with van der Waals surface area (Å²) in [6, 6.07) is 0. The maximum atomic E-state index is 2.57. The molecule has 0 aromatic rings. The molecule has 0 aromatic heterocycles. The molecule has 0 spiro atoms. The zero-order valence-electron chi connectivity index (χ0n) is 8.15. The van der Waals surface area contributed by atoms with E-state index in [4.69, 9.17) is 0 Å². The van der Waals surface area contributed by atoms with Gasteiger partial charge in [0.1, 0.15) is 0 Å². The predicted molar refractivity (Wildman–Crippen MR) is 53.2 cm³/mol. The molecule has 3 fully saturated rings. The summed E-state index contributed by atoms with van der Waals surface area (Å²) < 4.78 is 0. The summed E-state index contributed by atoms with van der Waals surface area (Å²) in [7, 11) is 0. The zero-order valence-corrected chi connectivity index (χ0v) is 8.15. The van der Waals surface area contributed by atoms with Gasteiger partial charge in [0.15, 0.2) is 0 Å². The Labute approximate surface area is 80.4 Å². The fourth-order valence-electron chi connectivity index (χ4n) is 5.17. The van der Waals surface area contributed by atoms with Gasteiger partial charge >= 0.3 is 0 Å². The first kappa shape index (κ1) is 7.09. The molecule has 0 N–H and O–H groups in total. The van der Waals surface area contributed by atoms with Crippen molar-refractivity contribution in [1.29, 1.82) is 0 Å². The Morgan fingerprint density at radius 3 is 2.85 bits per heavy atom. The van der Waals surface area contributed by atoms with Crippen LogP contribution in [-0.4, -0.2) is 0 Å². The molecule has 6 unspecified atom stereocenters. The zero-order chi connectivity index (χ0) is 8.41. The summed E-state index contributed by atoms with van der Waals surface area (Å²) in [5.74, 6) is 6.72. The van der Waals surface area contributed by atoms with Crippen LogP contribution in [0.4, 0.5) is 0 Å². The first-order valence-electron chi connectivity index (χ1n) is 6.10. The maximum Gasteiger partial charge on any atom is -0.0168 e. The topological polar surface area (TPSA) is 0 Å². The third-order valence-electron chi connectivity index (χ3n) is 5.52. The molecule has 2 bridgehead atoms. The highest BCUT2D eigenvalue weighted by molar-refractivity contribution is 5.14. The van der Waals surface area contributed by atoms with Crippen molar-refractivity contribution in [2.24, 2.45) is 35.5 Å². The van der Waals surface area contributed by atoms with Crippen molar-refractivity contribution < 1.29 is 0 Å². The van der Waals surface area contributed by atoms with Crippen LogP contribution in [0.2, 0.25) is 0 Å². The Hall–Kier alpha value is -0.260. The monoisotopic (exact) mass is 174 g/mol. The van der Waals surface area contributed by atoms with E-state index >= 15 is 0 Å². The number of rotatable bonds is 0. The number of allylic oxidation sites excluding steroid dienone is 2. The van der Waals surface area contributed by atoms with Crippen LogP contribution in [0.25, 0.3) is 0 Å². The van der Waals surface area contributed by atoms with Gasteiger partial charge in [0.05, 0.1) is 0 Å². The van der Waals surface area contributed by atoms with Crippen molar-refractivity contribution in [3.8, 4) is 0 Å². The predicted octanol–water partition coefficient (Wildman–Crippen LogP) is 3.24. The van der Waals surface area contributed by atoms with Crippen LogP contribution in [0.5, 0.6) is 0 Å². The van der Waals surface area contributed by atoms with Crippen molar-refractivity contribution in [2.45, 2.75) is 32.1 Å². The molecule has 0 saturated heterocycles. The van der Waals surface area contributed by atoms with Crippen molar-refractivity contribution in [1.82, 2.24) is 0 Å². The fourth-order valence-corrected chi connectivity index (χ4v) is 5.17. The molecule has 4 aliphatic carbocycles. The van der Waals surface area contributed by atoms with Gasteiger partial charge in [-0.2, -0.15) is 0 Å². The summed E-state index contributed by atoms with van der Waals surface area (Å²) in [5.41, 5.74) is 0. The Morgan fingerprint density at radius 2 is 1.85 bits per heavy atom. The highest BCUT2D eigenvalue weighted by atomic mass is 14.6. The summed E-state index contributed by atoms with van der Waals surface area (Å²) in [6.07, 6.45) is 12.8. The van der Waals surface area contributed by atoms with Gasteiger partial charge in [0.2, 0.25) is 0 Å². The molecule has 70 valence electrons. The second kappa shape index (κ2) is 2.21. The fraction of sp³-hybridized carbons (Fsp3) is 0.846. The Kier molecular flexibility index (Phi) is 1.21. The lowest BCUT2D eigenvalue weighted by Crippen LogP contribution is -2.21. The Bertz CT molecular complexity index is 265. The minimum atomic E-state index is 1.03. The van der Waals surface area contributed by atoms with Gasteiger partial charge in [-0.1, -0.05) is 12.2 Å². The first-order chi connectivity index (χ1) is 6.43. The highest BCUT2D eigenvalue weighted by Gasteiger charge is 2.56. The van der Waals surface area contributed by atoms with Crippen LogP contribution in [0.1, 0.15) is 32.1 Å². The van der Waals surface area contributed by atoms with Crippen LogP contribution < -0.4 is 0 Å². The molecule has 6 atom stereocenters. The van der Waals surface area contributed by atoms with E-state index in [1.807, 2.05) is 0 Å².